The third kappa shape index (κ3) is 3.52. The molecule has 2 rings (SSSR count). The van der Waals surface area contributed by atoms with Crippen LogP contribution in [0.1, 0.15) is 23.4 Å². The van der Waals surface area contributed by atoms with E-state index in [0.717, 1.165) is 21.6 Å². The predicted molar refractivity (Wildman–Crippen MR) is 76.5 cm³/mol. The minimum Gasteiger partial charge on any atom is -0.305 e. The molecule has 0 bridgehead atoms. The molecule has 1 N–H and O–H groups in total. The number of thiazole rings is 1. The van der Waals surface area contributed by atoms with Crippen LogP contribution in [0.2, 0.25) is 5.02 Å². The number of nitrogens with zero attached hydrogens (tertiary/aromatic N) is 1. The van der Waals surface area contributed by atoms with Crippen molar-refractivity contribution in [2.45, 2.75) is 19.5 Å². The van der Waals surface area contributed by atoms with E-state index in [1.165, 1.54) is 4.88 Å². The molecule has 1 aromatic heterocycles. The second-order valence-electron chi connectivity index (χ2n) is 3.74. The van der Waals surface area contributed by atoms with Crippen molar-refractivity contribution in [3.8, 4) is 0 Å². The van der Waals surface area contributed by atoms with Crippen LogP contribution in [0.15, 0.2) is 34.4 Å². The number of aromatic nitrogens is 1. The summed E-state index contributed by atoms with van der Waals surface area (Å²) in [4.78, 5) is 5.28. The first kappa shape index (κ1) is 13.0. The summed E-state index contributed by atoms with van der Waals surface area (Å²) in [6, 6.07) is 6.18. The maximum absolute atomic E-state index is 6.21. The van der Waals surface area contributed by atoms with Crippen molar-refractivity contribution in [2.24, 2.45) is 0 Å². The van der Waals surface area contributed by atoms with Gasteiger partial charge in [0.05, 0.1) is 5.51 Å². The number of benzene rings is 1. The first-order valence-electron chi connectivity index (χ1n) is 5.22. The maximum atomic E-state index is 6.21. The molecule has 0 radical (unpaired) electrons. The van der Waals surface area contributed by atoms with Crippen molar-refractivity contribution >= 4 is 38.9 Å². The lowest BCUT2D eigenvalue weighted by atomic mass is 10.1. The molecule has 1 aromatic carbocycles. The summed E-state index contributed by atoms with van der Waals surface area (Å²) >= 11 is 11.3. The summed E-state index contributed by atoms with van der Waals surface area (Å²) in [5.41, 5.74) is 2.95. The van der Waals surface area contributed by atoms with E-state index < -0.39 is 0 Å². The van der Waals surface area contributed by atoms with E-state index in [4.69, 9.17) is 11.6 Å². The molecule has 0 saturated heterocycles. The van der Waals surface area contributed by atoms with Crippen LogP contribution in [0, 0.1) is 0 Å². The number of nitrogens with one attached hydrogen (secondary N) is 1. The molecule has 1 unspecified atom stereocenters. The van der Waals surface area contributed by atoms with Crippen LogP contribution in [0.3, 0.4) is 0 Å². The third-order valence-corrected chi connectivity index (χ3v) is 4.10. The summed E-state index contributed by atoms with van der Waals surface area (Å²) in [6.07, 6.45) is 1.88. The van der Waals surface area contributed by atoms with Gasteiger partial charge in [0, 0.05) is 33.2 Å². The van der Waals surface area contributed by atoms with Gasteiger partial charge in [-0.05, 0) is 24.6 Å². The van der Waals surface area contributed by atoms with E-state index >= 15 is 0 Å². The maximum Gasteiger partial charge on any atom is 0.0794 e. The Labute approximate surface area is 118 Å². The lowest BCUT2D eigenvalue weighted by Gasteiger charge is -2.15. The van der Waals surface area contributed by atoms with E-state index in [1.807, 2.05) is 29.9 Å². The molecule has 17 heavy (non-hydrogen) atoms. The highest BCUT2D eigenvalue weighted by Gasteiger charge is 2.09. The molecular weight excluding hydrogens is 320 g/mol. The molecular formula is C12H12BrClN2S. The molecule has 5 heteroatoms. The van der Waals surface area contributed by atoms with Crippen LogP contribution in [0.4, 0.5) is 0 Å². The molecule has 0 aliphatic heterocycles. The van der Waals surface area contributed by atoms with Gasteiger partial charge in [0.15, 0.2) is 0 Å². The summed E-state index contributed by atoms with van der Waals surface area (Å²) in [6.45, 7) is 2.92. The lowest BCUT2D eigenvalue weighted by Crippen LogP contribution is -2.17. The summed E-state index contributed by atoms with van der Waals surface area (Å²) < 4.78 is 1.00. The monoisotopic (exact) mass is 330 g/mol. The summed E-state index contributed by atoms with van der Waals surface area (Å²) in [5.74, 6) is 0. The fourth-order valence-corrected chi connectivity index (χ4v) is 2.93. The van der Waals surface area contributed by atoms with Gasteiger partial charge in [-0.15, -0.1) is 11.3 Å². The minimum absolute atomic E-state index is 0.220. The lowest BCUT2D eigenvalue weighted by molar-refractivity contribution is 0.578. The topological polar surface area (TPSA) is 24.9 Å². The largest absolute Gasteiger partial charge is 0.305 e. The molecule has 0 aliphatic carbocycles. The van der Waals surface area contributed by atoms with Gasteiger partial charge in [0.2, 0.25) is 0 Å². The van der Waals surface area contributed by atoms with Crippen molar-refractivity contribution in [3.63, 3.8) is 0 Å². The molecule has 1 atom stereocenters. The van der Waals surface area contributed by atoms with Crippen LogP contribution in [-0.2, 0) is 6.54 Å². The molecule has 2 aromatic rings. The third-order valence-electron chi connectivity index (χ3n) is 2.49. The molecule has 90 valence electrons. The highest BCUT2D eigenvalue weighted by molar-refractivity contribution is 9.10. The second-order valence-corrected chi connectivity index (χ2v) is 6.03. The Balaban J connectivity index is 2.01. The average Bonchev–Trinajstić information content (AvgIpc) is 2.78. The standard InChI is InChI=1S/C12H12BrClN2S/c1-8(16-6-10-5-15-7-17-10)11-3-2-9(13)4-12(11)14/h2-5,7-8,16H,6H2,1H3. The van der Waals surface area contributed by atoms with Gasteiger partial charge in [-0.1, -0.05) is 33.6 Å². The van der Waals surface area contributed by atoms with Gasteiger partial charge in [-0.25, -0.2) is 0 Å². The molecule has 0 aliphatic rings. The Morgan fingerprint density at radius 1 is 1.53 bits per heavy atom. The van der Waals surface area contributed by atoms with Gasteiger partial charge < -0.3 is 5.32 Å². The van der Waals surface area contributed by atoms with E-state index in [2.05, 4.69) is 33.2 Å². The fraction of sp³-hybridized carbons (Fsp3) is 0.250. The van der Waals surface area contributed by atoms with Crippen LogP contribution >= 0.6 is 38.9 Å². The molecule has 0 saturated carbocycles. The molecule has 0 spiro atoms. The number of halogens is 2. The molecule has 1 heterocycles. The first-order chi connectivity index (χ1) is 8.16. The van der Waals surface area contributed by atoms with E-state index in [9.17, 15) is 0 Å². The van der Waals surface area contributed by atoms with Crippen LogP contribution < -0.4 is 5.32 Å². The number of rotatable bonds is 4. The Bertz CT molecular complexity index is 487. The predicted octanol–water partition coefficient (Wildman–Crippen LogP) is 4.41. The van der Waals surface area contributed by atoms with Crippen molar-refractivity contribution in [2.75, 3.05) is 0 Å². The Kier molecular flexibility index (Phi) is 4.56. The molecule has 2 nitrogen and oxygen atoms in total. The Hall–Kier alpha value is -0.420. The quantitative estimate of drug-likeness (QED) is 0.897. The van der Waals surface area contributed by atoms with Crippen molar-refractivity contribution < 1.29 is 0 Å². The Morgan fingerprint density at radius 3 is 3.00 bits per heavy atom. The van der Waals surface area contributed by atoms with Crippen molar-refractivity contribution in [3.05, 3.63) is 49.8 Å². The SMILES string of the molecule is CC(NCc1cncs1)c1ccc(Br)cc1Cl. The summed E-state index contributed by atoms with van der Waals surface area (Å²) in [7, 11) is 0. The van der Waals surface area contributed by atoms with Gasteiger partial charge in [0.1, 0.15) is 0 Å². The normalized spacial score (nSPS) is 12.6. The Morgan fingerprint density at radius 2 is 2.35 bits per heavy atom. The first-order valence-corrected chi connectivity index (χ1v) is 7.27. The van der Waals surface area contributed by atoms with Crippen LogP contribution in [0.5, 0.6) is 0 Å². The van der Waals surface area contributed by atoms with Crippen LogP contribution in [0.25, 0.3) is 0 Å². The zero-order valence-electron chi connectivity index (χ0n) is 9.28. The van der Waals surface area contributed by atoms with Crippen molar-refractivity contribution in [1.82, 2.24) is 10.3 Å². The van der Waals surface area contributed by atoms with Gasteiger partial charge in [-0.3, -0.25) is 4.98 Å². The van der Waals surface area contributed by atoms with E-state index in [-0.39, 0.29) is 6.04 Å². The zero-order chi connectivity index (χ0) is 12.3. The second kappa shape index (κ2) is 5.96. The van der Waals surface area contributed by atoms with Gasteiger partial charge in [0.25, 0.3) is 0 Å². The van der Waals surface area contributed by atoms with Crippen molar-refractivity contribution in [1.29, 1.82) is 0 Å². The minimum atomic E-state index is 0.220. The molecule has 0 fully saturated rings. The molecule has 0 amide bonds. The van der Waals surface area contributed by atoms with Gasteiger partial charge >= 0.3 is 0 Å². The van der Waals surface area contributed by atoms with E-state index in [1.54, 1.807) is 11.3 Å². The smallest absolute Gasteiger partial charge is 0.0794 e. The van der Waals surface area contributed by atoms with Crippen LogP contribution in [-0.4, -0.2) is 4.98 Å². The zero-order valence-corrected chi connectivity index (χ0v) is 12.4. The summed E-state index contributed by atoms with van der Waals surface area (Å²) in [5, 5.41) is 4.21. The van der Waals surface area contributed by atoms with E-state index in [0.29, 0.717) is 0 Å². The van der Waals surface area contributed by atoms with Gasteiger partial charge in [-0.2, -0.15) is 0 Å². The highest BCUT2D eigenvalue weighted by atomic mass is 79.9. The highest BCUT2D eigenvalue weighted by Crippen LogP contribution is 2.26. The number of hydrogen-bond acceptors (Lipinski definition) is 3. The number of hydrogen-bond donors (Lipinski definition) is 1. The average molecular weight is 332 g/mol. The fourth-order valence-electron chi connectivity index (χ4n) is 1.55.